The van der Waals surface area contributed by atoms with E-state index < -0.39 is 11.6 Å². The van der Waals surface area contributed by atoms with E-state index in [1.165, 1.54) is 12.1 Å². The van der Waals surface area contributed by atoms with Crippen LogP contribution in [0.25, 0.3) is 0 Å². The van der Waals surface area contributed by atoms with E-state index in [4.69, 9.17) is 0 Å². The minimum absolute atomic E-state index is 0.261. The average molecular weight is 276 g/mol. The van der Waals surface area contributed by atoms with E-state index in [0.29, 0.717) is 17.7 Å². The molecule has 104 valence electrons. The molecule has 0 unspecified atom stereocenters. The molecule has 20 heavy (non-hydrogen) atoms. The van der Waals surface area contributed by atoms with E-state index in [9.17, 15) is 13.6 Å². The van der Waals surface area contributed by atoms with Gasteiger partial charge in [-0.25, -0.2) is 13.8 Å². The zero-order valence-corrected chi connectivity index (χ0v) is 11.0. The number of hydrogen-bond donors (Lipinski definition) is 1. The predicted octanol–water partition coefficient (Wildman–Crippen LogP) is 2.64. The van der Waals surface area contributed by atoms with E-state index in [-0.39, 0.29) is 12.5 Å². The van der Waals surface area contributed by atoms with Gasteiger partial charge >= 0.3 is 0 Å². The Labute approximate surface area is 115 Å². The highest BCUT2D eigenvalue weighted by molar-refractivity contribution is 5.92. The van der Waals surface area contributed by atoms with E-state index in [2.05, 4.69) is 10.3 Å². The highest BCUT2D eigenvalue weighted by atomic mass is 19.1. The number of benzene rings is 1. The van der Waals surface area contributed by atoms with Gasteiger partial charge in [0, 0.05) is 18.3 Å². The summed E-state index contributed by atoms with van der Waals surface area (Å²) in [6.07, 6.45) is 0.295. The number of nitrogens with zero attached hydrogens (tertiary/aromatic N) is 1. The average Bonchev–Trinajstić information content (AvgIpc) is 2.41. The van der Waals surface area contributed by atoms with E-state index in [1.54, 1.807) is 25.1 Å². The SMILES string of the molecule is Cc1cccc(C(=O)NCCc2ccc(F)cc2F)n1. The molecule has 1 amide bonds. The first kappa shape index (κ1) is 14.1. The molecule has 5 heteroatoms. The summed E-state index contributed by atoms with van der Waals surface area (Å²) in [6.45, 7) is 2.06. The van der Waals surface area contributed by atoms with Crippen LogP contribution in [0.1, 0.15) is 21.7 Å². The number of hydrogen-bond acceptors (Lipinski definition) is 2. The van der Waals surface area contributed by atoms with Crippen LogP contribution in [0.3, 0.4) is 0 Å². The van der Waals surface area contributed by atoms with Gasteiger partial charge in [-0.15, -0.1) is 0 Å². The van der Waals surface area contributed by atoms with Crippen molar-refractivity contribution in [3.05, 3.63) is 65.0 Å². The number of carbonyl (C=O) groups is 1. The predicted molar refractivity (Wildman–Crippen MR) is 71.4 cm³/mol. The van der Waals surface area contributed by atoms with Gasteiger partial charge in [0.15, 0.2) is 0 Å². The monoisotopic (exact) mass is 276 g/mol. The smallest absolute Gasteiger partial charge is 0.269 e. The van der Waals surface area contributed by atoms with Crippen LogP contribution in [-0.4, -0.2) is 17.4 Å². The van der Waals surface area contributed by atoms with Gasteiger partial charge in [0.05, 0.1) is 0 Å². The lowest BCUT2D eigenvalue weighted by Crippen LogP contribution is -2.26. The summed E-state index contributed by atoms with van der Waals surface area (Å²) in [6, 6.07) is 8.56. The number of nitrogens with one attached hydrogen (secondary N) is 1. The Morgan fingerprint density at radius 2 is 2.05 bits per heavy atom. The van der Waals surface area contributed by atoms with E-state index in [1.807, 2.05) is 0 Å². The maximum atomic E-state index is 13.4. The molecule has 3 nitrogen and oxygen atoms in total. The van der Waals surface area contributed by atoms with Crippen molar-refractivity contribution in [3.8, 4) is 0 Å². The number of rotatable bonds is 4. The van der Waals surface area contributed by atoms with Crippen LogP contribution in [-0.2, 0) is 6.42 Å². The van der Waals surface area contributed by atoms with Gasteiger partial charge in [0.1, 0.15) is 17.3 Å². The molecule has 0 bridgehead atoms. The van der Waals surface area contributed by atoms with Gasteiger partial charge in [-0.05, 0) is 37.1 Å². The van der Waals surface area contributed by atoms with Crippen LogP contribution in [0.5, 0.6) is 0 Å². The van der Waals surface area contributed by atoms with Crippen molar-refractivity contribution in [2.24, 2.45) is 0 Å². The van der Waals surface area contributed by atoms with Crippen molar-refractivity contribution < 1.29 is 13.6 Å². The summed E-state index contributed by atoms with van der Waals surface area (Å²) < 4.78 is 26.1. The first-order chi connectivity index (χ1) is 9.56. The van der Waals surface area contributed by atoms with Crippen LogP contribution < -0.4 is 5.32 Å². The molecule has 0 saturated carbocycles. The number of aromatic nitrogens is 1. The number of aryl methyl sites for hydroxylation is 1. The maximum absolute atomic E-state index is 13.4. The first-order valence-electron chi connectivity index (χ1n) is 6.22. The molecule has 1 heterocycles. The quantitative estimate of drug-likeness (QED) is 0.932. The van der Waals surface area contributed by atoms with Crippen molar-refractivity contribution >= 4 is 5.91 Å². The van der Waals surface area contributed by atoms with Crippen LogP contribution >= 0.6 is 0 Å². The third-order valence-corrected chi connectivity index (χ3v) is 2.82. The summed E-state index contributed by atoms with van der Waals surface area (Å²) >= 11 is 0. The van der Waals surface area contributed by atoms with Gasteiger partial charge in [0.2, 0.25) is 0 Å². The van der Waals surface area contributed by atoms with E-state index in [0.717, 1.165) is 11.8 Å². The van der Waals surface area contributed by atoms with Crippen molar-refractivity contribution in [1.82, 2.24) is 10.3 Å². The Bertz CT molecular complexity index is 629. The molecule has 2 rings (SSSR count). The normalized spacial score (nSPS) is 10.3. The van der Waals surface area contributed by atoms with Gasteiger partial charge in [0.25, 0.3) is 5.91 Å². The molecule has 0 spiro atoms. The largest absolute Gasteiger partial charge is 0.350 e. The van der Waals surface area contributed by atoms with Crippen LogP contribution in [0.15, 0.2) is 36.4 Å². The molecular weight excluding hydrogens is 262 g/mol. The molecule has 0 atom stereocenters. The lowest BCUT2D eigenvalue weighted by molar-refractivity contribution is 0.0949. The molecule has 2 aromatic rings. The summed E-state index contributed by atoms with van der Waals surface area (Å²) in [7, 11) is 0. The number of amides is 1. The lowest BCUT2D eigenvalue weighted by atomic mass is 10.1. The molecule has 1 N–H and O–H groups in total. The van der Waals surface area contributed by atoms with Crippen LogP contribution in [0.4, 0.5) is 8.78 Å². The minimum atomic E-state index is -0.612. The summed E-state index contributed by atoms with van der Waals surface area (Å²) in [5.74, 6) is -1.52. The maximum Gasteiger partial charge on any atom is 0.269 e. The van der Waals surface area contributed by atoms with Crippen molar-refractivity contribution in [1.29, 1.82) is 0 Å². The highest BCUT2D eigenvalue weighted by Gasteiger charge is 2.08. The topological polar surface area (TPSA) is 42.0 Å². The molecule has 1 aromatic carbocycles. The van der Waals surface area contributed by atoms with Crippen LogP contribution in [0.2, 0.25) is 0 Å². The van der Waals surface area contributed by atoms with Crippen molar-refractivity contribution in [2.45, 2.75) is 13.3 Å². The second-order valence-corrected chi connectivity index (χ2v) is 4.41. The molecule has 0 aliphatic carbocycles. The fourth-order valence-corrected chi connectivity index (χ4v) is 1.80. The third-order valence-electron chi connectivity index (χ3n) is 2.82. The number of pyridine rings is 1. The minimum Gasteiger partial charge on any atom is -0.350 e. The standard InChI is InChI=1S/C15H14F2N2O/c1-10-3-2-4-14(19-10)15(20)18-8-7-11-5-6-12(16)9-13(11)17/h2-6,9H,7-8H2,1H3,(H,18,20). The summed E-state index contributed by atoms with van der Waals surface area (Å²) in [5, 5.41) is 2.65. The first-order valence-corrected chi connectivity index (χ1v) is 6.22. The Kier molecular flexibility index (Phi) is 4.40. The van der Waals surface area contributed by atoms with Crippen molar-refractivity contribution in [3.63, 3.8) is 0 Å². The molecular formula is C15H14F2N2O. The zero-order valence-electron chi connectivity index (χ0n) is 11.0. The second-order valence-electron chi connectivity index (χ2n) is 4.41. The van der Waals surface area contributed by atoms with Crippen molar-refractivity contribution in [2.75, 3.05) is 6.54 Å². The molecule has 0 saturated heterocycles. The lowest BCUT2D eigenvalue weighted by Gasteiger charge is -2.06. The molecule has 0 fully saturated rings. The van der Waals surface area contributed by atoms with Gasteiger partial charge in [-0.3, -0.25) is 4.79 Å². The zero-order chi connectivity index (χ0) is 14.5. The summed E-state index contributed by atoms with van der Waals surface area (Å²) in [5.41, 5.74) is 1.44. The van der Waals surface area contributed by atoms with E-state index >= 15 is 0 Å². The molecule has 0 aliphatic rings. The highest BCUT2D eigenvalue weighted by Crippen LogP contribution is 2.09. The number of halogens is 2. The molecule has 1 aromatic heterocycles. The Morgan fingerprint density at radius 3 is 2.75 bits per heavy atom. The Morgan fingerprint density at radius 1 is 1.25 bits per heavy atom. The third kappa shape index (κ3) is 3.60. The molecule has 0 radical (unpaired) electrons. The molecule has 0 aliphatic heterocycles. The van der Waals surface area contributed by atoms with Gasteiger partial charge in [-0.1, -0.05) is 12.1 Å². The second kappa shape index (κ2) is 6.23. The summed E-state index contributed by atoms with van der Waals surface area (Å²) in [4.78, 5) is 15.9. The Balaban J connectivity index is 1.91. The van der Waals surface area contributed by atoms with Gasteiger partial charge in [-0.2, -0.15) is 0 Å². The fraction of sp³-hybridized carbons (Fsp3) is 0.200. The van der Waals surface area contributed by atoms with Gasteiger partial charge < -0.3 is 5.32 Å². The van der Waals surface area contributed by atoms with Crippen LogP contribution in [0, 0.1) is 18.6 Å². The Hall–Kier alpha value is -2.30. The fourth-order valence-electron chi connectivity index (χ4n) is 1.80. The number of carbonyl (C=O) groups excluding carboxylic acids is 1.